The molecule has 0 aliphatic heterocycles. The summed E-state index contributed by atoms with van der Waals surface area (Å²) in [5.41, 5.74) is 8.75. The lowest BCUT2D eigenvalue weighted by Gasteiger charge is -2.50. The van der Waals surface area contributed by atoms with E-state index in [4.69, 9.17) is 10.5 Å². The van der Waals surface area contributed by atoms with Gasteiger partial charge in [0.05, 0.1) is 5.92 Å². The van der Waals surface area contributed by atoms with Gasteiger partial charge in [0.2, 0.25) is 5.91 Å². The quantitative estimate of drug-likeness (QED) is 0.615. The Labute approximate surface area is 189 Å². The Morgan fingerprint density at radius 1 is 0.906 bits per heavy atom. The molecule has 0 heterocycles. The number of rotatable bonds is 7. The smallest absolute Gasteiger partial charge is 0.407 e. The molecule has 2 saturated carbocycles. The van der Waals surface area contributed by atoms with E-state index >= 15 is 0 Å². The van der Waals surface area contributed by atoms with Crippen molar-refractivity contribution in [1.82, 2.24) is 10.6 Å². The van der Waals surface area contributed by atoms with Crippen LogP contribution < -0.4 is 16.4 Å². The summed E-state index contributed by atoms with van der Waals surface area (Å²) in [5.74, 6) is 0.477. The van der Waals surface area contributed by atoms with Gasteiger partial charge in [0.15, 0.2) is 0 Å². The van der Waals surface area contributed by atoms with Crippen LogP contribution in [0, 0.1) is 17.8 Å². The standard InChI is InChI=1S/C26H33N3O3/c27-15-19-10-7-11-20(14-19)16-28-25(30)23-21-12-5-2-6-13-22(21)24(23)29-26(31)32-17-18-8-3-1-4-9-18/h1,3-4,7-11,14,21-24H,2,5-6,12-13,15-17,27H2,(H,28,30)(H,29,31)/t21-,22+,23-,24+/m0/s1. The Morgan fingerprint density at radius 2 is 1.62 bits per heavy atom. The summed E-state index contributed by atoms with van der Waals surface area (Å²) in [4.78, 5) is 25.7. The number of carbonyl (C=O) groups is 2. The second-order valence-corrected chi connectivity index (χ2v) is 8.97. The zero-order valence-corrected chi connectivity index (χ0v) is 18.5. The molecule has 0 radical (unpaired) electrons. The van der Waals surface area contributed by atoms with Crippen LogP contribution in [0.1, 0.15) is 48.8 Å². The minimum Gasteiger partial charge on any atom is -0.445 e. The maximum absolute atomic E-state index is 13.2. The van der Waals surface area contributed by atoms with E-state index in [1.165, 1.54) is 6.42 Å². The molecule has 6 heteroatoms. The van der Waals surface area contributed by atoms with Crippen molar-refractivity contribution in [2.24, 2.45) is 23.5 Å². The monoisotopic (exact) mass is 435 g/mol. The highest BCUT2D eigenvalue weighted by Crippen LogP contribution is 2.48. The number of nitrogens with one attached hydrogen (secondary N) is 2. The summed E-state index contributed by atoms with van der Waals surface area (Å²) in [6, 6.07) is 17.4. The topological polar surface area (TPSA) is 93.5 Å². The van der Waals surface area contributed by atoms with Gasteiger partial charge in [-0.2, -0.15) is 0 Å². The van der Waals surface area contributed by atoms with Crippen LogP contribution in [0.15, 0.2) is 54.6 Å². The van der Waals surface area contributed by atoms with E-state index in [9.17, 15) is 9.59 Å². The lowest BCUT2D eigenvalue weighted by Crippen LogP contribution is -2.64. The minimum absolute atomic E-state index is 0.0136. The van der Waals surface area contributed by atoms with Crippen molar-refractivity contribution >= 4 is 12.0 Å². The van der Waals surface area contributed by atoms with Gasteiger partial charge in [0, 0.05) is 19.1 Å². The van der Waals surface area contributed by atoms with Crippen LogP contribution in [0.25, 0.3) is 0 Å². The Hall–Kier alpha value is -2.86. The molecule has 0 aromatic heterocycles. The summed E-state index contributed by atoms with van der Waals surface area (Å²) in [5, 5.41) is 6.12. The van der Waals surface area contributed by atoms with Crippen LogP contribution in [0.4, 0.5) is 4.79 Å². The van der Waals surface area contributed by atoms with Crippen molar-refractivity contribution in [3.05, 3.63) is 71.3 Å². The Bertz CT molecular complexity index is 918. The lowest BCUT2D eigenvalue weighted by molar-refractivity contribution is -0.137. The number of amides is 2. The van der Waals surface area contributed by atoms with Gasteiger partial charge in [-0.05, 0) is 41.4 Å². The number of benzene rings is 2. The molecule has 2 aliphatic carbocycles. The Kier molecular flexibility index (Phi) is 7.43. The summed E-state index contributed by atoms with van der Waals surface area (Å²) in [6.45, 7) is 1.17. The van der Waals surface area contributed by atoms with E-state index in [2.05, 4.69) is 10.6 Å². The van der Waals surface area contributed by atoms with Crippen molar-refractivity contribution in [2.75, 3.05) is 0 Å². The molecule has 0 bridgehead atoms. The summed E-state index contributed by atoms with van der Waals surface area (Å²) in [7, 11) is 0. The number of nitrogens with two attached hydrogens (primary N) is 1. The summed E-state index contributed by atoms with van der Waals surface area (Å²) in [6.07, 6.45) is 5.14. The zero-order chi connectivity index (χ0) is 22.3. The molecule has 2 aromatic carbocycles. The van der Waals surface area contributed by atoms with Crippen molar-refractivity contribution in [3.8, 4) is 0 Å². The van der Waals surface area contributed by atoms with Gasteiger partial charge in [0.1, 0.15) is 6.61 Å². The molecule has 2 amide bonds. The predicted molar refractivity (Wildman–Crippen MR) is 123 cm³/mol. The van der Waals surface area contributed by atoms with Crippen molar-refractivity contribution in [1.29, 1.82) is 0 Å². The molecule has 4 atom stereocenters. The van der Waals surface area contributed by atoms with Crippen LogP contribution in [0.5, 0.6) is 0 Å². The third-order valence-electron chi connectivity index (χ3n) is 6.93. The SMILES string of the molecule is NCc1cccc(CNC(=O)[C@H]2[C@H]3CCCCC[C@H]3[C@H]2NC(=O)OCc2ccccc2)c1. The maximum Gasteiger partial charge on any atom is 0.407 e. The first kappa shape index (κ1) is 22.3. The van der Waals surface area contributed by atoms with Gasteiger partial charge < -0.3 is 21.1 Å². The van der Waals surface area contributed by atoms with Crippen LogP contribution >= 0.6 is 0 Å². The lowest BCUT2D eigenvalue weighted by atomic mass is 9.58. The molecule has 4 rings (SSSR count). The molecule has 6 nitrogen and oxygen atoms in total. The largest absolute Gasteiger partial charge is 0.445 e. The molecule has 2 aromatic rings. The van der Waals surface area contributed by atoms with E-state index in [0.29, 0.717) is 24.9 Å². The number of ether oxygens (including phenoxy) is 1. The molecule has 4 N–H and O–H groups in total. The molecule has 170 valence electrons. The van der Waals surface area contributed by atoms with Crippen LogP contribution in [-0.4, -0.2) is 18.0 Å². The maximum atomic E-state index is 13.2. The van der Waals surface area contributed by atoms with Crippen LogP contribution in [0.3, 0.4) is 0 Å². The van der Waals surface area contributed by atoms with Gasteiger partial charge in [-0.25, -0.2) is 4.79 Å². The van der Waals surface area contributed by atoms with Crippen LogP contribution in [-0.2, 0) is 29.2 Å². The van der Waals surface area contributed by atoms with Gasteiger partial charge in [0.25, 0.3) is 0 Å². The fourth-order valence-corrected chi connectivity index (χ4v) is 5.27. The first-order valence-corrected chi connectivity index (χ1v) is 11.7. The Morgan fingerprint density at radius 3 is 2.41 bits per heavy atom. The predicted octanol–water partition coefficient (Wildman–Crippen LogP) is 3.88. The van der Waals surface area contributed by atoms with Gasteiger partial charge in [-0.15, -0.1) is 0 Å². The van der Waals surface area contributed by atoms with Gasteiger partial charge >= 0.3 is 6.09 Å². The molecule has 32 heavy (non-hydrogen) atoms. The number of fused-ring (bicyclic) bond motifs is 1. The Balaban J connectivity index is 1.37. The molecule has 0 unspecified atom stereocenters. The zero-order valence-electron chi connectivity index (χ0n) is 18.5. The molecule has 0 spiro atoms. The van der Waals surface area contributed by atoms with E-state index in [0.717, 1.165) is 42.4 Å². The highest BCUT2D eigenvalue weighted by molar-refractivity contribution is 5.82. The molecular weight excluding hydrogens is 402 g/mol. The average molecular weight is 436 g/mol. The second kappa shape index (κ2) is 10.6. The highest BCUT2D eigenvalue weighted by atomic mass is 16.5. The van der Waals surface area contributed by atoms with E-state index in [1.807, 2.05) is 54.6 Å². The molecule has 2 fully saturated rings. The third-order valence-corrected chi connectivity index (χ3v) is 6.93. The van der Waals surface area contributed by atoms with Gasteiger partial charge in [-0.1, -0.05) is 73.9 Å². The minimum atomic E-state index is -0.449. The molecule has 2 aliphatic rings. The first-order valence-electron chi connectivity index (χ1n) is 11.7. The number of hydrogen-bond acceptors (Lipinski definition) is 4. The van der Waals surface area contributed by atoms with Crippen molar-refractivity contribution in [2.45, 2.75) is 57.8 Å². The number of carbonyl (C=O) groups excluding carboxylic acids is 2. The first-order chi connectivity index (χ1) is 15.7. The van der Waals surface area contributed by atoms with E-state index < -0.39 is 6.09 Å². The van der Waals surface area contributed by atoms with E-state index in [-0.39, 0.29) is 24.5 Å². The number of hydrogen-bond donors (Lipinski definition) is 3. The average Bonchev–Trinajstić information content (AvgIpc) is 3.03. The van der Waals surface area contributed by atoms with Crippen molar-refractivity contribution < 1.29 is 14.3 Å². The summed E-state index contributed by atoms with van der Waals surface area (Å²) < 4.78 is 5.43. The molecular formula is C26H33N3O3. The second-order valence-electron chi connectivity index (χ2n) is 8.97. The summed E-state index contributed by atoms with van der Waals surface area (Å²) >= 11 is 0. The fourth-order valence-electron chi connectivity index (χ4n) is 5.27. The third kappa shape index (κ3) is 5.30. The van der Waals surface area contributed by atoms with E-state index in [1.54, 1.807) is 0 Å². The highest BCUT2D eigenvalue weighted by Gasteiger charge is 2.54. The fraction of sp³-hybridized carbons (Fsp3) is 0.462. The molecule has 0 saturated heterocycles. The van der Waals surface area contributed by atoms with Gasteiger partial charge in [-0.3, -0.25) is 4.79 Å². The normalized spacial score (nSPS) is 24.4. The van der Waals surface area contributed by atoms with Crippen molar-refractivity contribution in [3.63, 3.8) is 0 Å². The van der Waals surface area contributed by atoms with Crippen LogP contribution in [0.2, 0.25) is 0 Å². The number of alkyl carbamates (subject to hydrolysis) is 1.